The van der Waals surface area contributed by atoms with E-state index in [-0.39, 0.29) is 0 Å². The van der Waals surface area contributed by atoms with Gasteiger partial charge in [0.05, 0.1) is 36.5 Å². The van der Waals surface area contributed by atoms with Crippen molar-refractivity contribution >= 4 is 22.7 Å². The van der Waals surface area contributed by atoms with Gasteiger partial charge in [0, 0.05) is 28.7 Å². The van der Waals surface area contributed by atoms with E-state index >= 15 is 0 Å². The van der Waals surface area contributed by atoms with Gasteiger partial charge in [-0.1, -0.05) is 23.4 Å². The molecule has 2 aromatic carbocycles. The zero-order valence-electron chi connectivity index (χ0n) is 17.0. The van der Waals surface area contributed by atoms with Gasteiger partial charge in [0.1, 0.15) is 5.71 Å². The maximum Gasteiger partial charge on any atom is 0.276 e. The van der Waals surface area contributed by atoms with Gasteiger partial charge in [-0.15, -0.1) is 0 Å². The van der Waals surface area contributed by atoms with Crippen LogP contribution >= 0.6 is 0 Å². The molecule has 3 aliphatic rings. The van der Waals surface area contributed by atoms with Crippen LogP contribution in [0.3, 0.4) is 0 Å². The number of aromatic nitrogens is 2. The van der Waals surface area contributed by atoms with E-state index in [9.17, 15) is 0 Å². The number of nitrogens with zero attached hydrogens (tertiary/aromatic N) is 5. The van der Waals surface area contributed by atoms with E-state index in [0.717, 1.165) is 75.5 Å². The number of benzene rings is 2. The van der Waals surface area contributed by atoms with Crippen LogP contribution in [0.2, 0.25) is 0 Å². The van der Waals surface area contributed by atoms with E-state index in [2.05, 4.69) is 47.1 Å². The molecule has 6 rings (SSSR count). The van der Waals surface area contributed by atoms with Crippen molar-refractivity contribution in [1.82, 2.24) is 15.0 Å². The van der Waals surface area contributed by atoms with Gasteiger partial charge in [0.2, 0.25) is 0 Å². The fourth-order valence-corrected chi connectivity index (χ4v) is 4.52. The average Bonchev–Trinajstić information content (AvgIpc) is 3.45. The smallest absolute Gasteiger partial charge is 0.276 e. The standard InChI is InChI=1S/C23H21N5O2/c1-13-20-14(2)22(23-26-19(27-30-23)12-28-7-9-29-10-8-28)25-18(20)11-16-15-5-3-4-6-17(15)24-21(13)16/h3-6,11H,7-10,12H2,1-2H3. The lowest BCUT2D eigenvalue weighted by Crippen LogP contribution is -2.35. The Morgan fingerprint density at radius 2 is 1.87 bits per heavy atom. The summed E-state index contributed by atoms with van der Waals surface area (Å²) in [6, 6.07) is 10.4. The molecule has 150 valence electrons. The third-order valence-corrected chi connectivity index (χ3v) is 6.05. The number of rotatable bonds is 3. The predicted molar refractivity (Wildman–Crippen MR) is 111 cm³/mol. The van der Waals surface area contributed by atoms with Crippen molar-refractivity contribution in [2.75, 3.05) is 26.3 Å². The molecule has 0 atom stereocenters. The molecule has 1 aromatic heterocycles. The van der Waals surface area contributed by atoms with E-state index in [1.165, 1.54) is 0 Å². The first kappa shape index (κ1) is 17.7. The van der Waals surface area contributed by atoms with Crippen LogP contribution in [-0.2, 0) is 11.3 Å². The molecule has 4 heterocycles. The molecule has 1 fully saturated rings. The maximum atomic E-state index is 5.59. The number of ether oxygens (including phenoxy) is 1. The van der Waals surface area contributed by atoms with Crippen LogP contribution in [-0.4, -0.2) is 47.1 Å². The fourth-order valence-electron chi connectivity index (χ4n) is 4.52. The fraction of sp³-hybridized carbons (Fsp3) is 0.304. The zero-order chi connectivity index (χ0) is 20.2. The minimum absolute atomic E-state index is 0.476. The first-order valence-corrected chi connectivity index (χ1v) is 10.2. The summed E-state index contributed by atoms with van der Waals surface area (Å²) in [6.45, 7) is 8.11. The summed E-state index contributed by atoms with van der Waals surface area (Å²) in [7, 11) is 0. The summed E-state index contributed by atoms with van der Waals surface area (Å²) in [6.07, 6.45) is 0. The van der Waals surface area contributed by atoms with Crippen molar-refractivity contribution in [2.45, 2.75) is 20.4 Å². The van der Waals surface area contributed by atoms with Gasteiger partial charge < -0.3 is 9.26 Å². The molecule has 0 aliphatic carbocycles. The number of para-hydroxylation sites is 1. The molecule has 0 unspecified atom stereocenters. The molecule has 1 saturated heterocycles. The summed E-state index contributed by atoms with van der Waals surface area (Å²) in [5.41, 5.74) is 4.93. The Morgan fingerprint density at radius 1 is 1.03 bits per heavy atom. The van der Waals surface area contributed by atoms with Gasteiger partial charge in [-0.25, -0.2) is 9.98 Å². The van der Waals surface area contributed by atoms with Gasteiger partial charge >= 0.3 is 0 Å². The molecule has 0 amide bonds. The van der Waals surface area contributed by atoms with Crippen molar-refractivity contribution in [1.29, 1.82) is 0 Å². The molecular weight excluding hydrogens is 378 g/mol. The van der Waals surface area contributed by atoms with Crippen LogP contribution < -0.4 is 10.6 Å². The van der Waals surface area contributed by atoms with Gasteiger partial charge in [-0.3, -0.25) is 4.90 Å². The molecule has 0 radical (unpaired) electrons. The highest BCUT2D eigenvalue weighted by Crippen LogP contribution is 2.29. The van der Waals surface area contributed by atoms with Crippen LogP contribution in [0.4, 0.5) is 11.4 Å². The van der Waals surface area contributed by atoms with Crippen LogP contribution in [0, 0.1) is 17.4 Å². The average molecular weight is 399 g/mol. The Kier molecular flexibility index (Phi) is 3.94. The van der Waals surface area contributed by atoms with Crippen LogP contribution in [0.15, 0.2) is 44.8 Å². The Hall–Kier alpha value is -3.16. The topological polar surface area (TPSA) is 76.1 Å². The molecule has 7 nitrogen and oxygen atoms in total. The van der Waals surface area contributed by atoms with E-state index in [1.807, 2.05) is 12.1 Å². The third kappa shape index (κ3) is 2.66. The van der Waals surface area contributed by atoms with Gasteiger partial charge in [0.15, 0.2) is 5.82 Å². The molecule has 30 heavy (non-hydrogen) atoms. The molecule has 0 spiro atoms. The highest BCUT2D eigenvalue weighted by atomic mass is 16.5. The predicted octanol–water partition coefficient (Wildman–Crippen LogP) is 2.07. The Balaban J connectivity index is 1.42. The highest BCUT2D eigenvalue weighted by Gasteiger charge is 2.24. The number of aliphatic imine (C=N–C) groups is 1. The number of hydrogen-bond donors (Lipinski definition) is 0. The SMILES string of the molecule is CC1=c2c(cc3c(c2C)N=c2ccccc2=3)N=C1c1nc(CN2CCOCC2)no1. The number of morpholine rings is 1. The minimum Gasteiger partial charge on any atom is -0.379 e. The lowest BCUT2D eigenvalue weighted by atomic mass is 10.0. The summed E-state index contributed by atoms with van der Waals surface area (Å²) in [5, 5.41) is 8.62. The third-order valence-electron chi connectivity index (χ3n) is 6.05. The van der Waals surface area contributed by atoms with Crippen molar-refractivity contribution in [3.8, 4) is 0 Å². The van der Waals surface area contributed by atoms with E-state index < -0.39 is 0 Å². The second-order valence-electron chi connectivity index (χ2n) is 7.91. The van der Waals surface area contributed by atoms with Gasteiger partial charge in [-0.05, 0) is 37.1 Å². The van der Waals surface area contributed by atoms with E-state index in [0.29, 0.717) is 18.3 Å². The minimum atomic E-state index is 0.476. The maximum absolute atomic E-state index is 5.59. The molecule has 0 bridgehead atoms. The molecule has 7 heteroatoms. The number of fused-ring (bicyclic) bond motifs is 3. The van der Waals surface area contributed by atoms with Crippen molar-refractivity contribution in [2.24, 2.45) is 9.98 Å². The van der Waals surface area contributed by atoms with Gasteiger partial charge in [-0.2, -0.15) is 4.98 Å². The summed E-state index contributed by atoms with van der Waals surface area (Å²) in [4.78, 5) is 16.6. The zero-order valence-corrected chi connectivity index (χ0v) is 17.0. The molecule has 3 aromatic rings. The summed E-state index contributed by atoms with van der Waals surface area (Å²) >= 11 is 0. The first-order chi connectivity index (χ1) is 14.7. The molecule has 0 N–H and O–H groups in total. The van der Waals surface area contributed by atoms with Crippen molar-refractivity contribution < 1.29 is 9.26 Å². The number of hydrogen-bond acceptors (Lipinski definition) is 7. The molecule has 3 aliphatic heterocycles. The lowest BCUT2D eigenvalue weighted by molar-refractivity contribution is 0.0327. The quantitative estimate of drug-likeness (QED) is 0.527. The van der Waals surface area contributed by atoms with Crippen LogP contribution in [0.25, 0.3) is 5.57 Å². The largest absolute Gasteiger partial charge is 0.379 e. The molecular formula is C23H21N5O2. The normalized spacial score (nSPS) is 17.4. The van der Waals surface area contributed by atoms with Crippen molar-refractivity contribution in [3.63, 3.8) is 0 Å². The van der Waals surface area contributed by atoms with E-state index in [4.69, 9.17) is 19.2 Å². The Bertz CT molecular complexity index is 1430. The van der Waals surface area contributed by atoms with Crippen LogP contribution in [0.5, 0.6) is 0 Å². The summed E-state index contributed by atoms with van der Waals surface area (Å²) in [5.74, 6) is 1.16. The van der Waals surface area contributed by atoms with Gasteiger partial charge in [0.25, 0.3) is 5.89 Å². The monoisotopic (exact) mass is 399 g/mol. The summed E-state index contributed by atoms with van der Waals surface area (Å²) < 4.78 is 11.0. The lowest BCUT2D eigenvalue weighted by Gasteiger charge is -2.24. The van der Waals surface area contributed by atoms with Crippen LogP contribution in [0.1, 0.15) is 24.2 Å². The van der Waals surface area contributed by atoms with Crippen molar-refractivity contribution in [3.05, 3.63) is 68.6 Å². The Morgan fingerprint density at radius 3 is 2.73 bits per heavy atom. The molecule has 0 saturated carbocycles. The van der Waals surface area contributed by atoms with E-state index in [1.54, 1.807) is 0 Å². The second-order valence-corrected chi connectivity index (χ2v) is 7.91. The first-order valence-electron chi connectivity index (χ1n) is 10.2. The second kappa shape index (κ2) is 6.68. The highest BCUT2D eigenvalue weighted by molar-refractivity contribution is 6.28. The Labute approximate surface area is 172 Å².